The number of aromatic nitrogens is 4. The number of nitrogens with one attached hydrogen (secondary N) is 3. The Morgan fingerprint density at radius 2 is 2.18 bits per heavy atom. The van der Waals surface area contributed by atoms with E-state index in [1.54, 1.807) is 0 Å². The molecule has 2 aromatic rings. The molecule has 118 valence electrons. The largest absolute Gasteiger partial charge is 0.448 e. The van der Waals surface area contributed by atoms with E-state index in [0.717, 1.165) is 12.8 Å². The first kappa shape index (κ1) is 14.6. The minimum absolute atomic E-state index is 0.274. The number of hydrogen-bond acceptors (Lipinski definition) is 5. The fourth-order valence-electron chi connectivity index (χ4n) is 2.74. The summed E-state index contributed by atoms with van der Waals surface area (Å²) >= 11 is 0. The number of carbonyl (C=O) groups excluding carboxylic acids is 1. The van der Waals surface area contributed by atoms with Gasteiger partial charge in [0.15, 0.2) is 11.6 Å². The second-order valence-corrected chi connectivity index (χ2v) is 5.54. The van der Waals surface area contributed by atoms with Gasteiger partial charge in [-0.05, 0) is 12.8 Å². The summed E-state index contributed by atoms with van der Waals surface area (Å²) in [5, 5.41) is 8.78. The summed E-state index contributed by atoms with van der Waals surface area (Å²) < 4.78 is 5.46. The van der Waals surface area contributed by atoms with Crippen molar-refractivity contribution in [1.29, 1.82) is 0 Å². The van der Waals surface area contributed by atoms with Crippen molar-refractivity contribution >= 4 is 5.91 Å². The molecule has 0 unspecified atom stereocenters. The number of hydrogen-bond donors (Lipinski definition) is 3. The molecule has 3 N–H and O–H groups in total. The maximum atomic E-state index is 12.0. The molecule has 8 heteroatoms. The smallest absolute Gasteiger partial charge is 0.340 e. The Labute approximate surface area is 126 Å². The van der Waals surface area contributed by atoms with Crippen LogP contribution in [-0.2, 0) is 6.42 Å². The van der Waals surface area contributed by atoms with Gasteiger partial charge >= 0.3 is 5.69 Å². The third-order valence-corrected chi connectivity index (χ3v) is 3.91. The van der Waals surface area contributed by atoms with E-state index in [0.29, 0.717) is 36.3 Å². The Hall–Kier alpha value is -2.38. The zero-order valence-electron chi connectivity index (χ0n) is 12.2. The number of amides is 1. The highest BCUT2D eigenvalue weighted by Crippen LogP contribution is 2.31. The van der Waals surface area contributed by atoms with Crippen molar-refractivity contribution in [3.05, 3.63) is 34.2 Å². The summed E-state index contributed by atoms with van der Waals surface area (Å²) in [5.41, 5.74) is -0.0500. The lowest BCUT2D eigenvalue weighted by molar-refractivity contribution is 0.0949. The van der Waals surface area contributed by atoms with Gasteiger partial charge in [-0.15, -0.1) is 0 Å². The summed E-state index contributed by atoms with van der Waals surface area (Å²) in [6.07, 6.45) is 7.66. The van der Waals surface area contributed by atoms with Crippen LogP contribution < -0.4 is 11.0 Å². The van der Waals surface area contributed by atoms with E-state index >= 15 is 0 Å². The Morgan fingerprint density at radius 1 is 1.36 bits per heavy atom. The Morgan fingerprint density at radius 3 is 2.91 bits per heavy atom. The molecule has 0 atom stereocenters. The van der Waals surface area contributed by atoms with Crippen LogP contribution in [0.25, 0.3) is 0 Å². The molecule has 2 heterocycles. The molecular formula is C14H19N5O3. The number of aromatic amines is 2. The fraction of sp³-hybridized carbons (Fsp3) is 0.571. The van der Waals surface area contributed by atoms with Gasteiger partial charge in [0.2, 0.25) is 0 Å². The maximum absolute atomic E-state index is 12.0. The topological polar surface area (TPSA) is 117 Å². The quantitative estimate of drug-likeness (QED) is 0.765. The van der Waals surface area contributed by atoms with Gasteiger partial charge in [0.1, 0.15) is 12.1 Å². The van der Waals surface area contributed by atoms with Crippen molar-refractivity contribution < 1.29 is 9.21 Å². The lowest BCUT2D eigenvalue weighted by Gasteiger charge is -2.17. The fourth-order valence-corrected chi connectivity index (χ4v) is 2.74. The van der Waals surface area contributed by atoms with Crippen LogP contribution in [0, 0.1) is 0 Å². The maximum Gasteiger partial charge on any atom is 0.340 e. The summed E-state index contributed by atoms with van der Waals surface area (Å²) in [6.45, 7) is 0.366. The van der Waals surface area contributed by atoms with Crippen molar-refractivity contribution in [2.24, 2.45) is 0 Å². The van der Waals surface area contributed by atoms with Gasteiger partial charge in [-0.25, -0.2) is 14.9 Å². The molecule has 2 aromatic heterocycles. The molecule has 0 spiro atoms. The van der Waals surface area contributed by atoms with E-state index in [-0.39, 0.29) is 11.6 Å². The highest BCUT2D eigenvalue weighted by atomic mass is 16.3. The van der Waals surface area contributed by atoms with E-state index in [1.165, 1.54) is 25.5 Å². The molecule has 1 fully saturated rings. The lowest BCUT2D eigenvalue weighted by Crippen LogP contribution is -2.26. The van der Waals surface area contributed by atoms with Crippen molar-refractivity contribution in [3.63, 3.8) is 0 Å². The Balaban J connectivity index is 1.51. The van der Waals surface area contributed by atoms with E-state index < -0.39 is 0 Å². The van der Waals surface area contributed by atoms with Gasteiger partial charge < -0.3 is 9.73 Å². The summed E-state index contributed by atoms with van der Waals surface area (Å²) in [5.74, 6) is 1.24. The summed E-state index contributed by atoms with van der Waals surface area (Å²) in [4.78, 5) is 29.7. The van der Waals surface area contributed by atoms with Crippen LogP contribution in [-0.4, -0.2) is 32.6 Å². The van der Waals surface area contributed by atoms with Gasteiger partial charge in [0.25, 0.3) is 5.91 Å². The zero-order chi connectivity index (χ0) is 15.4. The molecular weight excluding hydrogens is 286 g/mol. The highest BCUT2D eigenvalue weighted by molar-refractivity contribution is 5.91. The van der Waals surface area contributed by atoms with Crippen LogP contribution in [0.3, 0.4) is 0 Å². The van der Waals surface area contributed by atoms with Crippen molar-refractivity contribution in [2.45, 2.75) is 44.4 Å². The van der Waals surface area contributed by atoms with Gasteiger partial charge in [0, 0.05) is 18.9 Å². The first-order valence-electron chi connectivity index (χ1n) is 7.59. The average molecular weight is 305 g/mol. The van der Waals surface area contributed by atoms with Gasteiger partial charge in [-0.1, -0.05) is 19.3 Å². The SMILES string of the molecule is O=C(NCCc1n[nH]c(=O)[nH]1)c1coc(C2CCCCC2)n1. The first-order chi connectivity index (χ1) is 10.7. The third kappa shape index (κ3) is 3.44. The number of rotatable bonds is 5. The van der Waals surface area contributed by atoms with Crippen LogP contribution in [0.1, 0.15) is 60.2 Å². The summed E-state index contributed by atoms with van der Waals surface area (Å²) in [7, 11) is 0. The second kappa shape index (κ2) is 6.59. The molecule has 0 aliphatic heterocycles. The second-order valence-electron chi connectivity index (χ2n) is 5.54. The number of nitrogens with zero attached hydrogens (tertiary/aromatic N) is 2. The first-order valence-corrected chi connectivity index (χ1v) is 7.59. The molecule has 3 rings (SSSR count). The molecule has 8 nitrogen and oxygen atoms in total. The van der Waals surface area contributed by atoms with Crippen LogP contribution in [0.4, 0.5) is 0 Å². The number of carbonyl (C=O) groups is 1. The van der Waals surface area contributed by atoms with E-state index in [2.05, 4.69) is 25.5 Å². The third-order valence-electron chi connectivity index (χ3n) is 3.91. The minimum Gasteiger partial charge on any atom is -0.448 e. The van der Waals surface area contributed by atoms with Crippen LogP contribution >= 0.6 is 0 Å². The van der Waals surface area contributed by atoms with Crippen molar-refractivity contribution in [2.75, 3.05) is 6.54 Å². The zero-order valence-corrected chi connectivity index (χ0v) is 12.2. The predicted molar refractivity (Wildman–Crippen MR) is 77.6 cm³/mol. The van der Waals surface area contributed by atoms with Gasteiger partial charge in [-0.2, -0.15) is 5.10 Å². The predicted octanol–water partition coefficient (Wildman–Crippen LogP) is 1.11. The van der Waals surface area contributed by atoms with Crippen molar-refractivity contribution in [3.8, 4) is 0 Å². The number of H-pyrrole nitrogens is 2. The Bertz CT molecular complexity index is 680. The Kier molecular flexibility index (Phi) is 4.36. The average Bonchev–Trinajstić information content (AvgIpc) is 3.17. The van der Waals surface area contributed by atoms with Crippen LogP contribution in [0.15, 0.2) is 15.5 Å². The lowest BCUT2D eigenvalue weighted by atomic mass is 9.89. The molecule has 0 radical (unpaired) electrons. The molecule has 0 saturated heterocycles. The monoisotopic (exact) mass is 305 g/mol. The van der Waals surface area contributed by atoms with E-state index in [9.17, 15) is 9.59 Å². The normalized spacial score (nSPS) is 15.8. The molecule has 1 saturated carbocycles. The molecule has 22 heavy (non-hydrogen) atoms. The van der Waals surface area contributed by atoms with E-state index in [4.69, 9.17) is 4.42 Å². The van der Waals surface area contributed by atoms with Crippen LogP contribution in [0.5, 0.6) is 0 Å². The van der Waals surface area contributed by atoms with E-state index in [1.807, 2.05) is 0 Å². The standard InChI is InChI=1S/C14H19N5O3/c20-12(15-7-6-11-17-14(21)19-18-11)10-8-22-13(16-10)9-4-2-1-3-5-9/h8-9H,1-7H2,(H,15,20)(H2,17,18,19,21). The minimum atomic E-state index is -0.352. The summed E-state index contributed by atoms with van der Waals surface area (Å²) in [6, 6.07) is 0. The molecule has 1 aliphatic rings. The van der Waals surface area contributed by atoms with Crippen LogP contribution in [0.2, 0.25) is 0 Å². The highest BCUT2D eigenvalue weighted by Gasteiger charge is 2.22. The molecule has 0 aromatic carbocycles. The molecule has 1 amide bonds. The molecule has 1 aliphatic carbocycles. The van der Waals surface area contributed by atoms with Crippen molar-refractivity contribution in [1.82, 2.24) is 25.5 Å². The van der Waals surface area contributed by atoms with Gasteiger partial charge in [-0.3, -0.25) is 9.78 Å². The van der Waals surface area contributed by atoms with Gasteiger partial charge in [0.05, 0.1) is 0 Å². The number of oxazole rings is 1. The molecule has 0 bridgehead atoms.